The van der Waals surface area contributed by atoms with Crippen LogP contribution in [0.3, 0.4) is 0 Å². The summed E-state index contributed by atoms with van der Waals surface area (Å²) in [5.41, 5.74) is 4.62. The normalized spacial score (nSPS) is 15.2. The minimum Gasteiger partial charge on any atom is -0.312 e. The summed E-state index contributed by atoms with van der Waals surface area (Å²) in [6.45, 7) is 10.0. The van der Waals surface area contributed by atoms with E-state index in [0.717, 1.165) is 32.7 Å². The van der Waals surface area contributed by atoms with Crippen LogP contribution < -0.4 is 5.32 Å². The maximum absolute atomic E-state index is 3.44. The minimum atomic E-state index is 1.04. The number of hydrogen-bond acceptors (Lipinski definition) is 2. The van der Waals surface area contributed by atoms with E-state index < -0.39 is 0 Å². The van der Waals surface area contributed by atoms with Crippen molar-refractivity contribution in [3.63, 3.8) is 0 Å². The first-order valence-corrected chi connectivity index (χ1v) is 6.37. The Kier molecular flexibility index (Phi) is 3.97. The molecule has 88 valence electrons. The first-order chi connectivity index (χ1) is 7.85. The van der Waals surface area contributed by atoms with Gasteiger partial charge in [-0.3, -0.25) is 4.90 Å². The molecule has 2 nitrogen and oxygen atoms in total. The van der Waals surface area contributed by atoms with Crippen LogP contribution in [0.15, 0.2) is 18.2 Å². The first kappa shape index (κ1) is 11.6. The van der Waals surface area contributed by atoms with Gasteiger partial charge in [-0.05, 0) is 42.7 Å². The van der Waals surface area contributed by atoms with Crippen molar-refractivity contribution < 1.29 is 0 Å². The molecule has 1 aliphatic heterocycles. The van der Waals surface area contributed by atoms with Gasteiger partial charge in [0.1, 0.15) is 0 Å². The summed E-state index contributed by atoms with van der Waals surface area (Å²) in [6, 6.07) is 6.75. The van der Waals surface area contributed by atoms with Crippen molar-refractivity contribution in [2.24, 2.45) is 0 Å². The number of fused-ring (bicyclic) bond motifs is 1. The summed E-state index contributed by atoms with van der Waals surface area (Å²) in [7, 11) is 0. The molecule has 1 aromatic rings. The maximum Gasteiger partial charge on any atom is 0.0236 e. The third-order valence-electron chi connectivity index (χ3n) is 3.53. The summed E-state index contributed by atoms with van der Waals surface area (Å²) in [6.07, 6.45) is 1.19. The van der Waals surface area contributed by atoms with Gasteiger partial charge in [0.25, 0.3) is 0 Å². The average Bonchev–Trinajstić information content (AvgIpc) is 2.36. The molecule has 1 aliphatic rings. The van der Waals surface area contributed by atoms with Gasteiger partial charge in [-0.25, -0.2) is 0 Å². The molecule has 0 saturated heterocycles. The molecule has 0 amide bonds. The van der Waals surface area contributed by atoms with E-state index in [-0.39, 0.29) is 0 Å². The molecule has 0 aromatic heterocycles. The van der Waals surface area contributed by atoms with E-state index in [9.17, 15) is 0 Å². The molecule has 0 bridgehead atoms. The second-order valence-corrected chi connectivity index (χ2v) is 4.44. The van der Waals surface area contributed by atoms with Crippen LogP contribution >= 0.6 is 0 Å². The van der Waals surface area contributed by atoms with E-state index in [0.29, 0.717) is 0 Å². The standard InChI is InChI=1S/C14H22N2/c1-3-16(4-2)11-13-7-5-6-12-10-15-9-8-14(12)13/h5-7,15H,3-4,8-11H2,1-2H3. The van der Waals surface area contributed by atoms with Gasteiger partial charge >= 0.3 is 0 Å². The molecule has 0 unspecified atom stereocenters. The lowest BCUT2D eigenvalue weighted by Crippen LogP contribution is -2.27. The number of nitrogens with zero attached hydrogens (tertiary/aromatic N) is 1. The Morgan fingerprint density at radius 2 is 2.06 bits per heavy atom. The van der Waals surface area contributed by atoms with Gasteiger partial charge in [0.05, 0.1) is 0 Å². The fraction of sp³-hybridized carbons (Fsp3) is 0.571. The predicted octanol–water partition coefficient (Wildman–Crippen LogP) is 2.17. The molecular formula is C14H22N2. The van der Waals surface area contributed by atoms with Gasteiger partial charge in [0.15, 0.2) is 0 Å². The van der Waals surface area contributed by atoms with Crippen LogP contribution in [0, 0.1) is 0 Å². The van der Waals surface area contributed by atoms with E-state index in [2.05, 4.69) is 42.3 Å². The molecule has 1 heterocycles. The van der Waals surface area contributed by atoms with Crippen LogP contribution in [-0.4, -0.2) is 24.5 Å². The topological polar surface area (TPSA) is 15.3 Å². The predicted molar refractivity (Wildman–Crippen MR) is 68.5 cm³/mol. The summed E-state index contributed by atoms with van der Waals surface area (Å²) in [4.78, 5) is 2.48. The Hall–Kier alpha value is -0.860. The van der Waals surface area contributed by atoms with Crippen molar-refractivity contribution in [3.8, 4) is 0 Å². The zero-order valence-corrected chi connectivity index (χ0v) is 10.4. The fourth-order valence-corrected chi connectivity index (χ4v) is 2.45. The third kappa shape index (κ3) is 2.45. The van der Waals surface area contributed by atoms with Crippen molar-refractivity contribution in [1.82, 2.24) is 10.2 Å². The van der Waals surface area contributed by atoms with E-state index in [1.165, 1.54) is 17.5 Å². The highest BCUT2D eigenvalue weighted by molar-refractivity contribution is 5.36. The monoisotopic (exact) mass is 218 g/mol. The maximum atomic E-state index is 3.44. The first-order valence-electron chi connectivity index (χ1n) is 6.37. The Balaban J connectivity index is 2.20. The van der Waals surface area contributed by atoms with E-state index in [1.807, 2.05) is 0 Å². The van der Waals surface area contributed by atoms with Crippen molar-refractivity contribution in [2.75, 3.05) is 19.6 Å². The molecule has 1 aromatic carbocycles. The quantitative estimate of drug-likeness (QED) is 0.833. The highest BCUT2D eigenvalue weighted by Gasteiger charge is 2.13. The van der Waals surface area contributed by atoms with Crippen LogP contribution in [0.1, 0.15) is 30.5 Å². The summed E-state index contributed by atoms with van der Waals surface area (Å²) in [5.74, 6) is 0. The summed E-state index contributed by atoms with van der Waals surface area (Å²) in [5, 5.41) is 3.44. The van der Waals surface area contributed by atoms with Crippen LogP contribution in [0.2, 0.25) is 0 Å². The molecule has 0 saturated carbocycles. The zero-order chi connectivity index (χ0) is 11.4. The Bertz CT molecular complexity index is 343. The number of benzene rings is 1. The van der Waals surface area contributed by atoms with Crippen LogP contribution in [-0.2, 0) is 19.5 Å². The molecule has 0 fully saturated rings. The van der Waals surface area contributed by atoms with Crippen molar-refractivity contribution in [3.05, 3.63) is 34.9 Å². The molecular weight excluding hydrogens is 196 g/mol. The van der Waals surface area contributed by atoms with Crippen molar-refractivity contribution >= 4 is 0 Å². The second kappa shape index (κ2) is 5.46. The van der Waals surface area contributed by atoms with Gasteiger partial charge in [-0.2, -0.15) is 0 Å². The minimum absolute atomic E-state index is 1.04. The van der Waals surface area contributed by atoms with Crippen molar-refractivity contribution in [1.29, 1.82) is 0 Å². The second-order valence-electron chi connectivity index (χ2n) is 4.44. The molecule has 16 heavy (non-hydrogen) atoms. The molecule has 0 aliphatic carbocycles. The Labute approximate surface area is 98.7 Å². The van der Waals surface area contributed by atoms with E-state index in [1.54, 1.807) is 5.56 Å². The van der Waals surface area contributed by atoms with Gasteiger partial charge in [-0.1, -0.05) is 32.0 Å². The highest BCUT2D eigenvalue weighted by Crippen LogP contribution is 2.19. The number of nitrogens with one attached hydrogen (secondary N) is 1. The lowest BCUT2D eigenvalue weighted by molar-refractivity contribution is 0.294. The van der Waals surface area contributed by atoms with Crippen LogP contribution in [0.5, 0.6) is 0 Å². The van der Waals surface area contributed by atoms with Gasteiger partial charge < -0.3 is 5.32 Å². The van der Waals surface area contributed by atoms with E-state index in [4.69, 9.17) is 0 Å². The summed E-state index contributed by atoms with van der Waals surface area (Å²) >= 11 is 0. The number of rotatable bonds is 4. The Morgan fingerprint density at radius 3 is 2.81 bits per heavy atom. The largest absolute Gasteiger partial charge is 0.312 e. The molecule has 0 atom stereocenters. The lowest BCUT2D eigenvalue weighted by atomic mass is 9.95. The fourth-order valence-electron chi connectivity index (χ4n) is 2.45. The smallest absolute Gasteiger partial charge is 0.0236 e. The zero-order valence-electron chi connectivity index (χ0n) is 10.4. The average molecular weight is 218 g/mol. The molecule has 2 rings (SSSR count). The van der Waals surface area contributed by atoms with Crippen molar-refractivity contribution in [2.45, 2.75) is 33.4 Å². The third-order valence-corrected chi connectivity index (χ3v) is 3.53. The molecule has 0 radical (unpaired) electrons. The summed E-state index contributed by atoms with van der Waals surface area (Å²) < 4.78 is 0. The molecule has 1 N–H and O–H groups in total. The number of hydrogen-bond donors (Lipinski definition) is 1. The van der Waals surface area contributed by atoms with E-state index >= 15 is 0 Å². The lowest BCUT2D eigenvalue weighted by Gasteiger charge is -2.24. The van der Waals surface area contributed by atoms with Crippen LogP contribution in [0.4, 0.5) is 0 Å². The SMILES string of the molecule is CCN(CC)Cc1cccc2c1CCNC2. The van der Waals surface area contributed by atoms with Gasteiger partial charge in [0.2, 0.25) is 0 Å². The Morgan fingerprint density at radius 1 is 1.25 bits per heavy atom. The van der Waals surface area contributed by atoms with Crippen LogP contribution in [0.25, 0.3) is 0 Å². The highest BCUT2D eigenvalue weighted by atomic mass is 15.1. The molecule has 0 spiro atoms. The van der Waals surface area contributed by atoms with Gasteiger partial charge in [-0.15, -0.1) is 0 Å². The molecule has 2 heteroatoms. The van der Waals surface area contributed by atoms with Gasteiger partial charge in [0, 0.05) is 13.1 Å².